The number of ether oxygens (including phenoxy) is 1. The van der Waals surface area contributed by atoms with Crippen molar-refractivity contribution in [1.82, 2.24) is 0 Å². The van der Waals surface area contributed by atoms with Crippen molar-refractivity contribution in [3.63, 3.8) is 0 Å². The van der Waals surface area contributed by atoms with Gasteiger partial charge in [0.2, 0.25) is 5.90 Å². The number of nitrogens with two attached hydrogens (primary N) is 1. The summed E-state index contributed by atoms with van der Waals surface area (Å²) >= 11 is 0. The monoisotopic (exact) mass is 216 g/mol. The van der Waals surface area contributed by atoms with Crippen LogP contribution in [-0.4, -0.2) is 24.1 Å². The summed E-state index contributed by atoms with van der Waals surface area (Å²) in [6.45, 7) is 0. The molecule has 1 heterocycles. The standard InChI is InChI=1S/C13H16N2O/c14-10-6-7-12-11(8-10)15-13(16-12)9-4-2-1-3-5-9/h1-5,10-12H,6-8,14H2. The van der Waals surface area contributed by atoms with Crippen LogP contribution in [0.2, 0.25) is 0 Å². The van der Waals surface area contributed by atoms with E-state index in [9.17, 15) is 0 Å². The van der Waals surface area contributed by atoms with E-state index in [0.717, 1.165) is 30.7 Å². The molecular weight excluding hydrogens is 200 g/mol. The first-order chi connectivity index (χ1) is 7.83. The van der Waals surface area contributed by atoms with Crippen LogP contribution < -0.4 is 5.73 Å². The zero-order valence-electron chi connectivity index (χ0n) is 9.17. The van der Waals surface area contributed by atoms with Gasteiger partial charge < -0.3 is 10.5 Å². The summed E-state index contributed by atoms with van der Waals surface area (Å²) in [5.74, 6) is 0.796. The van der Waals surface area contributed by atoms with Gasteiger partial charge in [-0.15, -0.1) is 0 Å². The fourth-order valence-electron chi connectivity index (χ4n) is 2.47. The molecule has 0 aromatic heterocycles. The molecule has 3 heteroatoms. The molecule has 84 valence electrons. The van der Waals surface area contributed by atoms with Gasteiger partial charge in [0.15, 0.2) is 0 Å². The van der Waals surface area contributed by atoms with Crippen LogP contribution in [-0.2, 0) is 4.74 Å². The molecule has 0 radical (unpaired) electrons. The minimum Gasteiger partial charge on any atom is -0.472 e. The lowest BCUT2D eigenvalue weighted by molar-refractivity contribution is 0.145. The molecule has 0 spiro atoms. The predicted octanol–water partition coefficient (Wildman–Crippen LogP) is 1.71. The highest BCUT2D eigenvalue weighted by atomic mass is 16.5. The second-order valence-corrected chi connectivity index (χ2v) is 4.60. The number of hydrogen-bond acceptors (Lipinski definition) is 3. The summed E-state index contributed by atoms with van der Waals surface area (Å²) < 4.78 is 5.89. The number of benzene rings is 1. The quantitative estimate of drug-likeness (QED) is 0.777. The Morgan fingerprint density at radius 1 is 1.19 bits per heavy atom. The van der Waals surface area contributed by atoms with Gasteiger partial charge in [0.05, 0.1) is 6.04 Å². The van der Waals surface area contributed by atoms with Crippen LogP contribution in [0.1, 0.15) is 24.8 Å². The van der Waals surface area contributed by atoms with E-state index in [0.29, 0.717) is 6.04 Å². The van der Waals surface area contributed by atoms with Crippen LogP contribution in [0.5, 0.6) is 0 Å². The smallest absolute Gasteiger partial charge is 0.216 e. The largest absolute Gasteiger partial charge is 0.472 e. The molecule has 1 fully saturated rings. The molecule has 1 saturated carbocycles. The highest BCUT2D eigenvalue weighted by molar-refractivity contribution is 5.95. The lowest BCUT2D eigenvalue weighted by Crippen LogP contribution is -2.37. The summed E-state index contributed by atoms with van der Waals surface area (Å²) in [6.07, 6.45) is 3.31. The Balaban J connectivity index is 1.82. The topological polar surface area (TPSA) is 47.6 Å². The number of nitrogens with zero attached hydrogens (tertiary/aromatic N) is 1. The zero-order valence-corrected chi connectivity index (χ0v) is 9.17. The van der Waals surface area contributed by atoms with E-state index >= 15 is 0 Å². The van der Waals surface area contributed by atoms with E-state index < -0.39 is 0 Å². The molecule has 2 aliphatic rings. The molecule has 3 atom stereocenters. The molecule has 1 aromatic carbocycles. The third-order valence-electron chi connectivity index (χ3n) is 3.36. The Labute approximate surface area is 95.3 Å². The van der Waals surface area contributed by atoms with Crippen molar-refractivity contribution in [1.29, 1.82) is 0 Å². The maximum absolute atomic E-state index is 5.95. The van der Waals surface area contributed by atoms with Crippen LogP contribution in [0, 0.1) is 0 Å². The number of aliphatic imine (C=N–C) groups is 1. The fraction of sp³-hybridized carbons (Fsp3) is 0.462. The van der Waals surface area contributed by atoms with E-state index in [1.807, 2.05) is 30.3 Å². The summed E-state index contributed by atoms with van der Waals surface area (Å²) in [5.41, 5.74) is 7.02. The lowest BCUT2D eigenvalue weighted by Gasteiger charge is -2.26. The average molecular weight is 216 g/mol. The van der Waals surface area contributed by atoms with Gasteiger partial charge >= 0.3 is 0 Å². The third-order valence-corrected chi connectivity index (χ3v) is 3.36. The van der Waals surface area contributed by atoms with E-state index in [1.165, 1.54) is 0 Å². The van der Waals surface area contributed by atoms with Gasteiger partial charge in [-0.3, -0.25) is 0 Å². The van der Waals surface area contributed by atoms with E-state index in [2.05, 4.69) is 4.99 Å². The van der Waals surface area contributed by atoms with Crippen molar-refractivity contribution in [2.45, 2.75) is 37.5 Å². The zero-order chi connectivity index (χ0) is 11.0. The van der Waals surface area contributed by atoms with Crippen LogP contribution in [0.15, 0.2) is 35.3 Å². The normalized spacial score (nSPS) is 32.8. The highest BCUT2D eigenvalue weighted by Gasteiger charge is 2.36. The molecule has 3 rings (SSSR count). The van der Waals surface area contributed by atoms with Crippen LogP contribution in [0.3, 0.4) is 0 Å². The second-order valence-electron chi connectivity index (χ2n) is 4.60. The van der Waals surface area contributed by atoms with Crippen molar-refractivity contribution in [2.75, 3.05) is 0 Å². The maximum Gasteiger partial charge on any atom is 0.216 e. The van der Waals surface area contributed by atoms with Crippen molar-refractivity contribution in [3.05, 3.63) is 35.9 Å². The predicted molar refractivity (Wildman–Crippen MR) is 63.5 cm³/mol. The van der Waals surface area contributed by atoms with Gasteiger partial charge in [-0.2, -0.15) is 0 Å². The first-order valence-electron chi connectivity index (χ1n) is 5.88. The SMILES string of the molecule is NC1CCC2OC(c3ccccc3)=NC2C1. The van der Waals surface area contributed by atoms with Crippen molar-refractivity contribution >= 4 is 5.90 Å². The van der Waals surface area contributed by atoms with Crippen molar-refractivity contribution in [3.8, 4) is 0 Å². The number of hydrogen-bond donors (Lipinski definition) is 1. The van der Waals surface area contributed by atoms with Gasteiger partial charge in [-0.05, 0) is 31.4 Å². The summed E-state index contributed by atoms with van der Waals surface area (Å²) in [4.78, 5) is 4.65. The molecule has 16 heavy (non-hydrogen) atoms. The van der Waals surface area contributed by atoms with Crippen LogP contribution >= 0.6 is 0 Å². The second kappa shape index (κ2) is 3.91. The molecule has 1 aromatic rings. The maximum atomic E-state index is 5.95. The Kier molecular flexibility index (Phi) is 2.40. The first kappa shape index (κ1) is 9.85. The lowest BCUT2D eigenvalue weighted by atomic mass is 9.90. The van der Waals surface area contributed by atoms with Crippen LogP contribution in [0.25, 0.3) is 0 Å². The number of rotatable bonds is 1. The van der Waals surface area contributed by atoms with Gasteiger partial charge in [-0.1, -0.05) is 18.2 Å². The molecular formula is C13H16N2O. The molecule has 3 unspecified atom stereocenters. The summed E-state index contributed by atoms with van der Waals surface area (Å²) in [5, 5.41) is 0. The Hall–Kier alpha value is -1.35. The van der Waals surface area contributed by atoms with Crippen molar-refractivity contribution < 1.29 is 4.74 Å². The molecule has 0 saturated heterocycles. The highest BCUT2D eigenvalue weighted by Crippen LogP contribution is 2.29. The molecule has 1 aliphatic carbocycles. The average Bonchev–Trinajstić information content (AvgIpc) is 2.73. The minimum absolute atomic E-state index is 0.259. The van der Waals surface area contributed by atoms with Gasteiger partial charge in [0.25, 0.3) is 0 Å². The summed E-state index contributed by atoms with van der Waals surface area (Å²) in [7, 11) is 0. The van der Waals surface area contributed by atoms with Crippen LogP contribution in [0.4, 0.5) is 0 Å². The molecule has 3 nitrogen and oxygen atoms in total. The van der Waals surface area contributed by atoms with Gasteiger partial charge in [-0.25, -0.2) is 4.99 Å². The summed E-state index contributed by atoms with van der Waals surface area (Å²) in [6, 6.07) is 10.7. The van der Waals surface area contributed by atoms with Crippen molar-refractivity contribution in [2.24, 2.45) is 10.7 Å². The molecule has 1 aliphatic heterocycles. The van der Waals surface area contributed by atoms with E-state index in [1.54, 1.807) is 0 Å². The van der Waals surface area contributed by atoms with Gasteiger partial charge in [0.1, 0.15) is 6.10 Å². The Morgan fingerprint density at radius 2 is 2.00 bits per heavy atom. The van der Waals surface area contributed by atoms with E-state index in [-0.39, 0.29) is 12.1 Å². The first-order valence-corrected chi connectivity index (χ1v) is 5.88. The molecule has 0 amide bonds. The molecule has 0 bridgehead atoms. The van der Waals surface area contributed by atoms with E-state index in [4.69, 9.17) is 10.5 Å². The third kappa shape index (κ3) is 1.71. The number of fused-ring (bicyclic) bond motifs is 1. The Morgan fingerprint density at radius 3 is 2.81 bits per heavy atom. The van der Waals surface area contributed by atoms with Gasteiger partial charge in [0, 0.05) is 11.6 Å². The Bertz CT molecular complexity index is 402. The minimum atomic E-state index is 0.259. The fourth-order valence-corrected chi connectivity index (χ4v) is 2.47. The molecule has 2 N–H and O–H groups in total.